The summed E-state index contributed by atoms with van der Waals surface area (Å²) in [7, 11) is 0. The van der Waals surface area contributed by atoms with E-state index in [1.807, 2.05) is 0 Å². The lowest BCUT2D eigenvalue weighted by molar-refractivity contribution is -0.387. The average Bonchev–Trinajstić information content (AvgIpc) is 3.09. The second kappa shape index (κ2) is 18.0. The van der Waals surface area contributed by atoms with Crippen LogP contribution in [-0.4, -0.2) is 222 Å². The molecule has 0 aliphatic carbocycles. The fourth-order valence-corrected chi connectivity index (χ4v) is 6.34. The Hall–Kier alpha value is -1.82. The van der Waals surface area contributed by atoms with E-state index in [4.69, 9.17) is 33.2 Å². The van der Waals surface area contributed by atoms with Crippen molar-refractivity contribution >= 4 is 11.8 Å². The normalized spacial score (nSPS) is 47.8. The van der Waals surface area contributed by atoms with Gasteiger partial charge >= 0.3 is 0 Å². The van der Waals surface area contributed by atoms with Crippen molar-refractivity contribution in [2.45, 2.75) is 137 Å². The minimum Gasteiger partial charge on any atom is -0.394 e. The number of nitrogens with one attached hydrogen (secondary N) is 2. The van der Waals surface area contributed by atoms with Crippen molar-refractivity contribution in [3.05, 3.63) is 0 Å². The van der Waals surface area contributed by atoms with Gasteiger partial charge in [0.1, 0.15) is 97.5 Å². The smallest absolute Gasteiger partial charge is 0.217 e. The van der Waals surface area contributed by atoms with Gasteiger partial charge in [-0.25, -0.2) is 0 Å². The van der Waals surface area contributed by atoms with Crippen molar-refractivity contribution in [2.75, 3.05) is 26.4 Å². The first-order chi connectivity index (χ1) is 24.1. The molecule has 20 atom stereocenters. The summed E-state index contributed by atoms with van der Waals surface area (Å²) in [4.78, 5) is 24.0. The molecule has 4 aliphatic heterocycles. The van der Waals surface area contributed by atoms with Crippen molar-refractivity contribution in [2.24, 2.45) is 0 Å². The Morgan fingerprint density at radius 2 is 0.882 bits per heavy atom. The van der Waals surface area contributed by atoms with Crippen molar-refractivity contribution in [1.82, 2.24) is 10.6 Å². The largest absolute Gasteiger partial charge is 0.394 e. The number of ether oxygens (including phenoxy) is 7. The van der Waals surface area contributed by atoms with E-state index in [1.54, 1.807) is 0 Å². The lowest BCUT2D eigenvalue weighted by atomic mass is 9.94. The summed E-state index contributed by atoms with van der Waals surface area (Å²) in [6.07, 6.45) is -31.7. The van der Waals surface area contributed by atoms with Gasteiger partial charge in [-0.15, -0.1) is 0 Å². The molecular formula is C28H48N2O21. The number of rotatable bonds is 12. The van der Waals surface area contributed by atoms with Gasteiger partial charge < -0.3 is 105 Å². The number of hydrogen-bond acceptors (Lipinski definition) is 21. The summed E-state index contributed by atoms with van der Waals surface area (Å²) in [5, 5.41) is 130. The summed E-state index contributed by atoms with van der Waals surface area (Å²) in [5.74, 6) is -1.41. The third-order valence-corrected chi connectivity index (χ3v) is 9.01. The highest BCUT2D eigenvalue weighted by molar-refractivity contribution is 5.73. The molecule has 0 spiro atoms. The molecule has 23 nitrogen and oxygen atoms in total. The molecule has 0 bridgehead atoms. The Labute approximate surface area is 289 Å². The zero-order chi connectivity index (χ0) is 37.9. The molecule has 0 aromatic carbocycles. The molecule has 4 rings (SSSR count). The Morgan fingerprint density at radius 1 is 0.471 bits per heavy atom. The van der Waals surface area contributed by atoms with Crippen LogP contribution in [0.2, 0.25) is 0 Å². The maximum Gasteiger partial charge on any atom is 0.217 e. The van der Waals surface area contributed by atoms with Crippen LogP contribution in [0, 0.1) is 0 Å². The molecule has 296 valence electrons. The zero-order valence-corrected chi connectivity index (χ0v) is 27.4. The van der Waals surface area contributed by atoms with Crippen LogP contribution < -0.4 is 10.6 Å². The molecule has 0 unspecified atom stereocenters. The molecule has 14 N–H and O–H groups in total. The zero-order valence-electron chi connectivity index (χ0n) is 27.4. The van der Waals surface area contributed by atoms with Gasteiger partial charge in [0.15, 0.2) is 25.2 Å². The topological polar surface area (TPSA) is 366 Å². The van der Waals surface area contributed by atoms with Crippen molar-refractivity contribution in [3.63, 3.8) is 0 Å². The number of aliphatic hydroxyl groups excluding tert-OH is 12. The maximum atomic E-state index is 12.3. The van der Waals surface area contributed by atoms with E-state index in [-0.39, 0.29) is 0 Å². The van der Waals surface area contributed by atoms with Crippen molar-refractivity contribution in [1.29, 1.82) is 0 Å². The molecular weight excluding hydrogens is 700 g/mol. The molecule has 4 heterocycles. The molecule has 2 amide bonds. The molecule has 0 aromatic heterocycles. The van der Waals surface area contributed by atoms with E-state index in [0.717, 1.165) is 13.8 Å². The second-order valence-corrected chi connectivity index (χ2v) is 12.6. The summed E-state index contributed by atoms with van der Waals surface area (Å²) in [6.45, 7) is -1.31. The van der Waals surface area contributed by atoms with Gasteiger partial charge in [0.05, 0.1) is 26.4 Å². The summed E-state index contributed by atoms with van der Waals surface area (Å²) in [6, 6.07) is -3.07. The third kappa shape index (κ3) is 9.11. The van der Waals surface area contributed by atoms with Gasteiger partial charge in [-0.1, -0.05) is 0 Å². The van der Waals surface area contributed by atoms with Crippen molar-refractivity contribution < 1.29 is 104 Å². The molecule has 0 radical (unpaired) electrons. The predicted molar refractivity (Wildman–Crippen MR) is 157 cm³/mol. The fraction of sp³-hybridized carbons (Fsp3) is 0.929. The SMILES string of the molecule is CC(=O)N[C@@H]1[C@@H](O)[C@H](O[C@@H]2O[C@H](CO)[C@@H](O[C@@H]3O[C@H](CO)[C@@H](O)[C@H](O)[C@@H]3O[C@@H]3O[C@H](CO)[C@@H](O)[C@H](O)[C@@H]3O)[C@H](O)[C@H]2NC(C)=O)[C@@H](CO)O[C@H]1O. The first-order valence-corrected chi connectivity index (χ1v) is 16.1. The molecule has 0 saturated carbocycles. The monoisotopic (exact) mass is 748 g/mol. The summed E-state index contributed by atoms with van der Waals surface area (Å²) in [5.41, 5.74) is 0. The van der Waals surface area contributed by atoms with Crippen LogP contribution in [0.1, 0.15) is 13.8 Å². The van der Waals surface area contributed by atoms with Gasteiger partial charge in [0.2, 0.25) is 11.8 Å². The van der Waals surface area contributed by atoms with E-state index < -0.39 is 161 Å². The van der Waals surface area contributed by atoms with E-state index in [1.165, 1.54) is 0 Å². The number of carbonyl (C=O) groups is 2. The molecule has 4 fully saturated rings. The number of amides is 2. The van der Waals surface area contributed by atoms with E-state index in [9.17, 15) is 70.9 Å². The summed E-state index contributed by atoms with van der Waals surface area (Å²) < 4.78 is 39.5. The first-order valence-electron chi connectivity index (χ1n) is 16.1. The average molecular weight is 749 g/mol. The van der Waals surface area contributed by atoms with E-state index in [2.05, 4.69) is 10.6 Å². The van der Waals surface area contributed by atoms with Crippen LogP contribution in [0.3, 0.4) is 0 Å². The van der Waals surface area contributed by atoms with E-state index >= 15 is 0 Å². The minimum atomic E-state index is -1.99. The standard InChI is InChI=1S/C28H48N2O21/c1-7(35)29-13-17(39)22(11(5-33)45-25(13)44)49-26-14(30-8(2)36)18(40)23(12(6-34)48-26)50-28-24(20(42)16(38)10(4-32)47-28)51-27-21(43)19(41)15(37)9(3-31)46-27/h9-28,31-34,37-44H,3-6H2,1-2H3,(H,29,35)(H,30,36)/t9-,10-,11-,12-,13-,14-,15-,16-,17-,18-,19+,20+,21+,22-,23-,24+,25-,26+,27+,28+/m1/s1. The Kier molecular flexibility index (Phi) is 14.8. The van der Waals surface area contributed by atoms with Gasteiger partial charge in [0, 0.05) is 13.8 Å². The fourth-order valence-electron chi connectivity index (χ4n) is 6.34. The highest BCUT2D eigenvalue weighted by Crippen LogP contribution is 2.34. The molecule has 4 saturated heterocycles. The highest BCUT2D eigenvalue weighted by atomic mass is 16.8. The lowest BCUT2D eigenvalue weighted by Crippen LogP contribution is -2.70. The van der Waals surface area contributed by atoms with Crippen LogP contribution in [-0.2, 0) is 42.7 Å². The summed E-state index contributed by atoms with van der Waals surface area (Å²) >= 11 is 0. The molecule has 0 aromatic rings. The van der Waals surface area contributed by atoms with Crippen molar-refractivity contribution in [3.8, 4) is 0 Å². The van der Waals surface area contributed by atoms with Gasteiger partial charge in [-0.2, -0.15) is 0 Å². The Morgan fingerprint density at radius 3 is 1.41 bits per heavy atom. The van der Waals surface area contributed by atoms with E-state index in [0.29, 0.717) is 0 Å². The van der Waals surface area contributed by atoms with Crippen LogP contribution in [0.15, 0.2) is 0 Å². The second-order valence-electron chi connectivity index (χ2n) is 12.6. The maximum absolute atomic E-state index is 12.3. The first kappa shape index (κ1) is 41.9. The van der Waals surface area contributed by atoms with Gasteiger partial charge in [0.25, 0.3) is 0 Å². The van der Waals surface area contributed by atoms with Gasteiger partial charge in [-0.3, -0.25) is 9.59 Å². The number of carbonyl (C=O) groups excluding carboxylic acids is 2. The lowest BCUT2D eigenvalue weighted by Gasteiger charge is -2.50. The minimum absolute atomic E-state index is 0.663. The molecule has 23 heteroatoms. The van der Waals surface area contributed by atoms with Crippen LogP contribution in [0.25, 0.3) is 0 Å². The Bertz CT molecular complexity index is 1140. The quantitative estimate of drug-likeness (QED) is 0.0881. The number of aliphatic hydroxyl groups is 12. The Balaban J connectivity index is 1.61. The molecule has 4 aliphatic rings. The third-order valence-electron chi connectivity index (χ3n) is 9.01. The van der Waals surface area contributed by atoms with Crippen LogP contribution >= 0.6 is 0 Å². The predicted octanol–water partition coefficient (Wildman–Crippen LogP) is -9.46. The van der Waals surface area contributed by atoms with Crippen LogP contribution in [0.5, 0.6) is 0 Å². The molecule has 51 heavy (non-hydrogen) atoms. The van der Waals surface area contributed by atoms with Gasteiger partial charge in [-0.05, 0) is 0 Å². The highest BCUT2D eigenvalue weighted by Gasteiger charge is 2.56. The number of hydrogen-bond donors (Lipinski definition) is 14. The van der Waals surface area contributed by atoms with Crippen LogP contribution in [0.4, 0.5) is 0 Å².